The molecule has 0 spiro atoms. The fourth-order valence-corrected chi connectivity index (χ4v) is 7.73. The summed E-state index contributed by atoms with van der Waals surface area (Å²) < 4.78 is 4.72. The van der Waals surface area contributed by atoms with Crippen molar-refractivity contribution in [1.82, 2.24) is 24.8 Å². The number of carboxylic acids is 1. The molecule has 17 heteroatoms. The summed E-state index contributed by atoms with van der Waals surface area (Å²) in [6.07, 6.45) is 0. The van der Waals surface area contributed by atoms with E-state index in [2.05, 4.69) is 25.1 Å². The number of rotatable bonds is 11. The van der Waals surface area contributed by atoms with Crippen LogP contribution in [0, 0.1) is 4.91 Å². The van der Waals surface area contributed by atoms with Gasteiger partial charge in [-0.2, -0.15) is 11.8 Å². The van der Waals surface area contributed by atoms with Gasteiger partial charge in [0.1, 0.15) is 27.1 Å². The molecule has 6 N–H and O–H groups in total. The number of thioether (sulfide) groups is 3. The van der Waals surface area contributed by atoms with Gasteiger partial charge < -0.3 is 21.9 Å². The number of pyridine rings is 1. The van der Waals surface area contributed by atoms with Crippen LogP contribution in [0.4, 0.5) is 5.82 Å². The first kappa shape index (κ1) is 26.3. The van der Waals surface area contributed by atoms with Crippen LogP contribution < -0.4 is 16.8 Å². The number of nitrogens with two attached hydrogens (primary N) is 2. The van der Waals surface area contributed by atoms with Crippen molar-refractivity contribution >= 4 is 70.4 Å². The number of β-lactam (4-membered cyclic amide) rings is 1. The van der Waals surface area contributed by atoms with Crippen molar-refractivity contribution < 1.29 is 19.5 Å². The zero-order chi connectivity index (χ0) is 25.8. The molecule has 2 aliphatic rings. The highest BCUT2D eigenvalue weighted by molar-refractivity contribution is 8.07. The highest BCUT2D eigenvalue weighted by atomic mass is 32.2. The first-order valence-electron chi connectivity index (χ1n) is 10.4. The number of nitrogens with one attached hydrogen (secondary N) is 1. The van der Waals surface area contributed by atoms with E-state index in [1.807, 2.05) is 0 Å². The van der Waals surface area contributed by atoms with Gasteiger partial charge >= 0.3 is 5.97 Å². The van der Waals surface area contributed by atoms with E-state index in [0.717, 1.165) is 32.1 Å². The number of anilines is 1. The van der Waals surface area contributed by atoms with E-state index < -0.39 is 35.2 Å². The Balaban J connectivity index is 1.49. The van der Waals surface area contributed by atoms with E-state index in [0.29, 0.717) is 23.0 Å². The SMILES string of the molecule is NCCSCc1nnsc1SC1=C(C(=O)O)N2C(=O)[C@@H](NC(=O)C(N=O)c3cccc(N)n3)[C@@H]2SC1. The molecule has 2 aromatic heterocycles. The lowest BCUT2D eigenvalue weighted by Crippen LogP contribution is -2.70. The van der Waals surface area contributed by atoms with Crippen LogP contribution in [0.2, 0.25) is 0 Å². The molecular weight excluding hydrogens is 549 g/mol. The van der Waals surface area contributed by atoms with Crippen LogP contribution >= 0.6 is 46.8 Å². The number of nitroso groups, excluding NO2 is 1. The number of nitrogens with zero attached hydrogens (tertiary/aromatic N) is 5. The normalized spacial score (nSPS) is 19.9. The van der Waals surface area contributed by atoms with Gasteiger partial charge in [-0.25, -0.2) is 9.78 Å². The summed E-state index contributed by atoms with van der Waals surface area (Å²) in [6.45, 7) is 0.533. The van der Waals surface area contributed by atoms with Crippen LogP contribution in [0.25, 0.3) is 0 Å². The number of aromatic nitrogens is 3. The fraction of sp³-hybridized carbons (Fsp3) is 0.368. The minimum Gasteiger partial charge on any atom is -0.477 e. The smallest absolute Gasteiger partial charge is 0.353 e. The van der Waals surface area contributed by atoms with Crippen molar-refractivity contribution in [2.45, 2.75) is 27.4 Å². The minimum absolute atomic E-state index is 0.0471. The van der Waals surface area contributed by atoms with Crippen LogP contribution in [0.5, 0.6) is 0 Å². The third-order valence-electron chi connectivity index (χ3n) is 5.10. The molecule has 0 bridgehead atoms. The number of nitrogen functional groups attached to an aromatic ring is 1. The largest absolute Gasteiger partial charge is 0.477 e. The van der Waals surface area contributed by atoms with Crippen LogP contribution in [0.3, 0.4) is 0 Å². The third kappa shape index (κ3) is 5.34. The molecule has 0 saturated carbocycles. The summed E-state index contributed by atoms with van der Waals surface area (Å²) in [7, 11) is 0. The third-order valence-corrected chi connectivity index (χ3v) is 9.61. The van der Waals surface area contributed by atoms with Crippen molar-refractivity contribution in [2.24, 2.45) is 10.9 Å². The molecule has 0 aliphatic carbocycles. The molecule has 1 unspecified atom stereocenters. The number of aliphatic carboxylic acids is 1. The molecule has 4 heterocycles. The monoisotopic (exact) mass is 568 g/mol. The van der Waals surface area contributed by atoms with Crippen LogP contribution in [0.1, 0.15) is 17.4 Å². The highest BCUT2D eigenvalue weighted by Gasteiger charge is 2.55. The second-order valence-electron chi connectivity index (χ2n) is 7.42. The van der Waals surface area contributed by atoms with Crippen LogP contribution in [-0.2, 0) is 20.1 Å². The van der Waals surface area contributed by atoms with Gasteiger partial charge in [0.25, 0.3) is 11.8 Å². The lowest BCUT2D eigenvalue weighted by Gasteiger charge is -2.49. The topological polar surface area (TPSA) is 207 Å². The van der Waals surface area contributed by atoms with Gasteiger partial charge in [-0.3, -0.25) is 14.5 Å². The van der Waals surface area contributed by atoms with Crippen molar-refractivity contribution in [3.05, 3.63) is 45.1 Å². The summed E-state index contributed by atoms with van der Waals surface area (Å²) in [5.41, 5.74) is 11.8. The highest BCUT2D eigenvalue weighted by Crippen LogP contribution is 2.46. The summed E-state index contributed by atoms with van der Waals surface area (Å²) in [6, 6.07) is 1.94. The number of hydrogen-bond acceptors (Lipinski definition) is 14. The number of carbonyl (C=O) groups is 3. The number of amides is 2. The molecule has 36 heavy (non-hydrogen) atoms. The Kier molecular flexibility index (Phi) is 8.45. The predicted molar refractivity (Wildman–Crippen MR) is 138 cm³/mol. The molecule has 190 valence electrons. The second-order valence-corrected chi connectivity index (χ2v) is 11.7. The summed E-state index contributed by atoms with van der Waals surface area (Å²) in [4.78, 5) is 54.8. The number of hydrogen-bond donors (Lipinski definition) is 4. The fourth-order valence-electron chi connectivity index (χ4n) is 3.49. The molecule has 1 fully saturated rings. The number of fused-ring (bicyclic) bond motifs is 1. The van der Waals surface area contributed by atoms with Gasteiger partial charge in [0, 0.05) is 28.7 Å². The first-order chi connectivity index (χ1) is 17.3. The van der Waals surface area contributed by atoms with E-state index in [4.69, 9.17) is 11.5 Å². The zero-order valence-electron chi connectivity index (χ0n) is 18.4. The lowest BCUT2D eigenvalue weighted by atomic mass is 10.0. The Morgan fingerprint density at radius 2 is 2.19 bits per heavy atom. The van der Waals surface area contributed by atoms with E-state index in [-0.39, 0.29) is 17.2 Å². The Morgan fingerprint density at radius 1 is 1.39 bits per heavy atom. The molecule has 0 radical (unpaired) electrons. The Labute approximate surface area is 221 Å². The quantitative estimate of drug-likeness (QED) is 0.170. The Bertz CT molecular complexity index is 1220. The summed E-state index contributed by atoms with van der Waals surface area (Å²) >= 11 is 5.29. The second kappa shape index (κ2) is 11.5. The maximum atomic E-state index is 12.9. The van der Waals surface area contributed by atoms with E-state index in [1.54, 1.807) is 11.8 Å². The molecule has 2 amide bonds. The average Bonchev–Trinajstić information content (AvgIpc) is 3.29. The van der Waals surface area contributed by atoms with E-state index >= 15 is 0 Å². The predicted octanol–water partition coefficient (Wildman–Crippen LogP) is 1.00. The van der Waals surface area contributed by atoms with Crippen molar-refractivity contribution in [3.8, 4) is 0 Å². The molecular formula is C19H20N8O5S4. The van der Waals surface area contributed by atoms with Crippen LogP contribution in [0.15, 0.2) is 38.2 Å². The van der Waals surface area contributed by atoms with Crippen molar-refractivity contribution in [1.29, 1.82) is 0 Å². The molecule has 3 atom stereocenters. The van der Waals surface area contributed by atoms with Gasteiger partial charge in [-0.15, -0.1) is 21.8 Å². The minimum atomic E-state index is -1.50. The van der Waals surface area contributed by atoms with Crippen molar-refractivity contribution in [2.75, 3.05) is 23.8 Å². The van der Waals surface area contributed by atoms with Gasteiger partial charge in [0.2, 0.25) is 6.04 Å². The zero-order valence-corrected chi connectivity index (χ0v) is 21.7. The van der Waals surface area contributed by atoms with Gasteiger partial charge in [-0.1, -0.05) is 22.3 Å². The number of carboxylic acid groups (broad SMARTS) is 1. The molecule has 0 aromatic carbocycles. The van der Waals surface area contributed by atoms with E-state index in [1.165, 1.54) is 41.7 Å². The Hall–Kier alpha value is -2.73. The number of carbonyl (C=O) groups excluding carboxylic acids is 2. The summed E-state index contributed by atoms with van der Waals surface area (Å²) in [5, 5.41) is 18.7. The molecule has 1 saturated heterocycles. The lowest BCUT2D eigenvalue weighted by molar-refractivity contribution is -0.150. The molecule has 4 rings (SSSR count). The van der Waals surface area contributed by atoms with Crippen LogP contribution in [-0.4, -0.2) is 71.8 Å². The van der Waals surface area contributed by atoms with Gasteiger partial charge in [0.15, 0.2) is 0 Å². The van der Waals surface area contributed by atoms with Gasteiger partial charge in [0.05, 0.1) is 11.4 Å². The first-order valence-corrected chi connectivity index (χ1v) is 14.2. The molecule has 2 aromatic rings. The standard InChI is InChI=1S/C19H20N8O5S4/c20-4-5-33-6-9-19(36-26-24-9)35-10-7-34-17-13(16(29)27(17)14(10)18(30)31)23-15(28)12(25-32)8-2-1-3-11(21)22-8/h1-3,12-13,17H,4-7,20H2,(H2,21,22)(H,23,28)(H,30,31)/t12?,13-,17+/m1/s1. The van der Waals surface area contributed by atoms with Crippen molar-refractivity contribution in [3.63, 3.8) is 0 Å². The Morgan fingerprint density at radius 3 is 2.89 bits per heavy atom. The average molecular weight is 569 g/mol. The molecule has 13 nitrogen and oxygen atoms in total. The maximum Gasteiger partial charge on any atom is 0.353 e. The maximum absolute atomic E-state index is 12.9. The van der Waals surface area contributed by atoms with E-state index in [9.17, 15) is 24.4 Å². The molecule has 2 aliphatic heterocycles. The van der Waals surface area contributed by atoms with Gasteiger partial charge in [-0.05, 0) is 28.8 Å². The summed E-state index contributed by atoms with van der Waals surface area (Å²) in [5.74, 6) is -0.916.